The van der Waals surface area contributed by atoms with Crippen LogP contribution in [0.5, 0.6) is 5.75 Å². The molecule has 1 aliphatic rings. The highest BCUT2D eigenvalue weighted by atomic mass is 32.2. The lowest BCUT2D eigenvalue weighted by molar-refractivity contribution is -0.117. The molecule has 3 rings (SSSR count). The maximum absolute atomic E-state index is 15.0. The van der Waals surface area contributed by atoms with E-state index < -0.39 is 45.3 Å². The maximum atomic E-state index is 15.0. The van der Waals surface area contributed by atoms with Gasteiger partial charge in [-0.05, 0) is 32.0 Å². The largest absolute Gasteiger partial charge is 0.506 e. The van der Waals surface area contributed by atoms with E-state index in [1.165, 1.54) is 12.1 Å². The molecule has 2 heterocycles. The molecule has 3 N–H and O–H groups in total. The predicted molar refractivity (Wildman–Crippen MR) is 88.7 cm³/mol. The number of aromatic amines is 1. The van der Waals surface area contributed by atoms with Gasteiger partial charge in [0.25, 0.3) is 5.91 Å². The Balaban J connectivity index is 2.13. The fourth-order valence-electron chi connectivity index (χ4n) is 2.48. The first-order valence-corrected chi connectivity index (χ1v) is 8.83. The molecule has 26 heavy (non-hydrogen) atoms. The summed E-state index contributed by atoms with van der Waals surface area (Å²) in [4.78, 5) is 11.4. The number of hydrogen-bond acceptors (Lipinski definition) is 6. The molecule has 0 spiro atoms. The maximum Gasteiger partial charge on any atom is 0.326 e. The van der Waals surface area contributed by atoms with Crippen molar-refractivity contribution >= 4 is 21.8 Å². The highest BCUT2D eigenvalue weighted by Crippen LogP contribution is 2.38. The van der Waals surface area contributed by atoms with Crippen LogP contribution in [0, 0.1) is 17.1 Å². The van der Waals surface area contributed by atoms with E-state index in [0.29, 0.717) is 10.00 Å². The van der Waals surface area contributed by atoms with Crippen molar-refractivity contribution in [1.82, 2.24) is 14.9 Å². The van der Waals surface area contributed by atoms with Crippen LogP contribution >= 0.6 is 0 Å². The first-order valence-electron chi connectivity index (χ1n) is 7.39. The number of nitrogens with zero attached hydrogens (tertiary/aromatic N) is 3. The van der Waals surface area contributed by atoms with E-state index >= 15 is 4.39 Å². The Morgan fingerprint density at radius 3 is 2.69 bits per heavy atom. The molecule has 0 saturated carbocycles. The third-order valence-corrected chi connectivity index (χ3v) is 5.35. The molecule has 1 aliphatic heterocycles. The third kappa shape index (κ3) is 2.74. The number of aromatic hydroxyl groups is 1. The minimum Gasteiger partial charge on any atom is -0.506 e. The van der Waals surface area contributed by atoms with Gasteiger partial charge in [-0.15, -0.1) is 0 Å². The number of phenolic OH excluding ortho intramolecular Hbond substituents is 1. The average Bonchev–Trinajstić information content (AvgIpc) is 3.13. The van der Waals surface area contributed by atoms with Crippen molar-refractivity contribution in [2.45, 2.75) is 19.3 Å². The average molecular weight is 379 g/mol. The van der Waals surface area contributed by atoms with Crippen molar-refractivity contribution in [3.63, 3.8) is 0 Å². The van der Waals surface area contributed by atoms with Gasteiger partial charge in [0.05, 0.1) is 22.9 Å². The number of anilines is 1. The van der Waals surface area contributed by atoms with Crippen molar-refractivity contribution in [2.24, 2.45) is 0 Å². The van der Waals surface area contributed by atoms with Crippen molar-refractivity contribution in [3.8, 4) is 23.1 Å². The fraction of sp³-hybridized carbons (Fsp3) is 0.267. The molecule has 1 fully saturated rings. The van der Waals surface area contributed by atoms with Crippen LogP contribution in [0.4, 0.5) is 10.1 Å². The minimum absolute atomic E-state index is 0.0939. The molecule has 0 unspecified atom stereocenters. The monoisotopic (exact) mass is 379 g/mol. The Kier molecular flexibility index (Phi) is 3.88. The molecular formula is C15H14FN5O4S. The molecule has 1 aromatic heterocycles. The predicted octanol–water partition coefficient (Wildman–Crippen LogP) is 0.904. The smallest absolute Gasteiger partial charge is 0.326 e. The van der Waals surface area contributed by atoms with Crippen molar-refractivity contribution in [3.05, 3.63) is 29.7 Å². The highest BCUT2D eigenvalue weighted by Gasteiger charge is 2.38. The van der Waals surface area contributed by atoms with Gasteiger partial charge >= 0.3 is 10.2 Å². The number of carbonyl (C=O) groups is 1. The van der Waals surface area contributed by atoms with Gasteiger partial charge in [-0.25, -0.2) is 13.4 Å². The Bertz CT molecular complexity index is 1050. The lowest BCUT2D eigenvalue weighted by Crippen LogP contribution is -2.30. The molecular weight excluding hydrogens is 365 g/mol. The van der Waals surface area contributed by atoms with Crippen LogP contribution in [-0.2, 0) is 20.4 Å². The second kappa shape index (κ2) is 5.70. The number of phenols is 1. The summed E-state index contributed by atoms with van der Waals surface area (Å²) in [7, 11) is -4.29. The molecule has 11 heteroatoms. The number of amides is 1. The van der Waals surface area contributed by atoms with Gasteiger partial charge in [0.15, 0.2) is 5.82 Å². The lowest BCUT2D eigenvalue weighted by Gasteiger charge is -2.18. The zero-order valence-corrected chi connectivity index (χ0v) is 14.6. The second-order valence-electron chi connectivity index (χ2n) is 6.24. The molecule has 0 bridgehead atoms. The lowest BCUT2D eigenvalue weighted by atomic mass is 9.91. The number of hydrogen-bond donors (Lipinski definition) is 3. The number of benzene rings is 1. The number of aromatic nitrogens is 2. The summed E-state index contributed by atoms with van der Waals surface area (Å²) in [5, 5.41) is 25.7. The van der Waals surface area contributed by atoms with Crippen LogP contribution in [0.25, 0.3) is 11.3 Å². The number of rotatable bonds is 3. The molecule has 1 aromatic carbocycles. The van der Waals surface area contributed by atoms with Gasteiger partial charge in [-0.3, -0.25) is 9.89 Å². The minimum atomic E-state index is -4.29. The normalized spacial score (nSPS) is 16.4. The summed E-state index contributed by atoms with van der Waals surface area (Å²) in [6.45, 7) is 2.65. The van der Waals surface area contributed by atoms with E-state index in [4.69, 9.17) is 0 Å². The van der Waals surface area contributed by atoms with E-state index in [0.717, 1.165) is 6.07 Å². The summed E-state index contributed by atoms with van der Waals surface area (Å²) < 4.78 is 41.1. The molecule has 0 atom stereocenters. The van der Waals surface area contributed by atoms with Crippen LogP contribution < -0.4 is 9.03 Å². The van der Waals surface area contributed by atoms with Crippen LogP contribution in [0.1, 0.15) is 19.5 Å². The topological polar surface area (TPSA) is 139 Å². The Labute approximate surface area is 148 Å². The fourth-order valence-corrected chi connectivity index (χ4v) is 3.64. The number of nitriles is 1. The quantitative estimate of drug-likeness (QED) is 0.724. The standard InChI is InChI=1S/C15H14FN5O4S/c1-15(2,7-17)11-5-9(18-19-11)8-3-4-10(22)14(13(8)16)21-6-12(23)20-26(21,24)25/h3-5,22H,6H2,1-2H3,(H,18,19)(H,20,23). The van der Waals surface area contributed by atoms with Gasteiger partial charge in [0, 0.05) is 5.56 Å². The van der Waals surface area contributed by atoms with E-state index in [-0.39, 0.29) is 11.3 Å². The molecule has 0 aliphatic carbocycles. The first kappa shape index (κ1) is 17.7. The molecule has 9 nitrogen and oxygen atoms in total. The van der Waals surface area contributed by atoms with Gasteiger partial charge in [0.1, 0.15) is 18.0 Å². The Morgan fingerprint density at radius 2 is 2.12 bits per heavy atom. The third-order valence-electron chi connectivity index (χ3n) is 3.97. The van der Waals surface area contributed by atoms with Crippen LogP contribution in [0.2, 0.25) is 0 Å². The first-order chi connectivity index (χ1) is 12.1. The molecule has 2 aromatic rings. The van der Waals surface area contributed by atoms with E-state index in [1.807, 2.05) is 0 Å². The van der Waals surface area contributed by atoms with Crippen LogP contribution in [0.3, 0.4) is 0 Å². The second-order valence-corrected chi connectivity index (χ2v) is 7.83. The number of halogens is 1. The number of nitrogens with one attached hydrogen (secondary N) is 2. The summed E-state index contributed by atoms with van der Waals surface area (Å²) in [5.74, 6) is -2.54. The van der Waals surface area contributed by atoms with Crippen molar-refractivity contribution in [2.75, 3.05) is 10.8 Å². The van der Waals surface area contributed by atoms with Gasteiger partial charge < -0.3 is 5.11 Å². The van der Waals surface area contributed by atoms with Gasteiger partial charge in [0.2, 0.25) is 0 Å². The van der Waals surface area contributed by atoms with Gasteiger partial charge in [-0.1, -0.05) is 0 Å². The summed E-state index contributed by atoms with van der Waals surface area (Å²) in [5.41, 5.74) is -1.07. The van der Waals surface area contributed by atoms with Gasteiger partial charge in [-0.2, -0.15) is 18.8 Å². The van der Waals surface area contributed by atoms with E-state index in [2.05, 4.69) is 16.3 Å². The Hall–Kier alpha value is -3.13. The zero-order chi connectivity index (χ0) is 19.3. The molecule has 1 saturated heterocycles. The van der Waals surface area contributed by atoms with E-state index in [9.17, 15) is 23.6 Å². The highest BCUT2D eigenvalue weighted by molar-refractivity contribution is 7.92. The molecule has 0 radical (unpaired) electrons. The SMILES string of the molecule is CC(C)(C#N)c1cc(-c2ccc(O)c(N3CC(=O)NS3(=O)=O)c2F)n[nH]1. The van der Waals surface area contributed by atoms with Crippen molar-refractivity contribution in [1.29, 1.82) is 5.26 Å². The van der Waals surface area contributed by atoms with Crippen LogP contribution in [0.15, 0.2) is 18.2 Å². The number of carbonyl (C=O) groups excluding carboxylic acids is 1. The van der Waals surface area contributed by atoms with Crippen LogP contribution in [-0.4, -0.2) is 36.2 Å². The summed E-state index contributed by atoms with van der Waals surface area (Å²) in [6, 6.07) is 5.88. The molecule has 136 valence electrons. The van der Waals surface area contributed by atoms with Crippen molar-refractivity contribution < 1.29 is 22.7 Å². The molecule has 1 amide bonds. The van der Waals surface area contributed by atoms with E-state index in [1.54, 1.807) is 18.6 Å². The summed E-state index contributed by atoms with van der Waals surface area (Å²) in [6.07, 6.45) is 0. The zero-order valence-electron chi connectivity index (χ0n) is 13.7. The Morgan fingerprint density at radius 1 is 1.42 bits per heavy atom. The summed E-state index contributed by atoms with van der Waals surface area (Å²) >= 11 is 0. The number of H-pyrrole nitrogens is 1.